The quantitative estimate of drug-likeness (QED) is 0.663. The molecule has 1 heterocycles. The number of hydrogen-bond acceptors (Lipinski definition) is 4. The molecular formula is C7H14N4O. The fraction of sp³-hybridized carbons (Fsp3) is 0.714. The van der Waals surface area contributed by atoms with Crippen LogP contribution in [0.3, 0.4) is 0 Å². The van der Waals surface area contributed by atoms with Crippen LogP contribution in [0.4, 0.5) is 0 Å². The van der Waals surface area contributed by atoms with Gasteiger partial charge in [0.25, 0.3) is 0 Å². The minimum absolute atomic E-state index is 0.516. The lowest BCUT2D eigenvalue weighted by atomic mass is 10.4. The third kappa shape index (κ3) is 2.60. The van der Waals surface area contributed by atoms with Crippen LogP contribution in [-0.4, -0.2) is 28.6 Å². The molecule has 1 aromatic rings. The van der Waals surface area contributed by atoms with Gasteiger partial charge in [-0.2, -0.15) is 0 Å². The van der Waals surface area contributed by atoms with E-state index in [4.69, 9.17) is 10.5 Å². The fourth-order valence-corrected chi connectivity index (χ4v) is 0.915. The monoisotopic (exact) mass is 170 g/mol. The van der Waals surface area contributed by atoms with Crippen LogP contribution >= 0.6 is 0 Å². The molecule has 12 heavy (non-hydrogen) atoms. The van der Waals surface area contributed by atoms with E-state index in [9.17, 15) is 0 Å². The molecule has 1 aromatic heterocycles. The molecule has 0 aromatic carbocycles. The second-order valence-corrected chi connectivity index (χ2v) is 2.55. The summed E-state index contributed by atoms with van der Waals surface area (Å²) in [7, 11) is 1.64. The molecule has 2 N–H and O–H groups in total. The maximum absolute atomic E-state index is 5.36. The summed E-state index contributed by atoms with van der Waals surface area (Å²) in [5.41, 5.74) is 6.21. The standard InChI is InChI=1S/C7H14N4O/c1-12-6-7-5-11(10-9-7)4-2-3-8/h5H,2-4,6,8H2,1H3. The molecule has 68 valence electrons. The predicted octanol–water partition coefficient (Wildman–Crippen LogP) is -0.227. The number of aryl methyl sites for hydroxylation is 1. The lowest BCUT2D eigenvalue weighted by molar-refractivity contribution is 0.181. The molecule has 0 atom stereocenters. The van der Waals surface area contributed by atoms with Gasteiger partial charge in [-0.25, -0.2) is 0 Å². The maximum atomic E-state index is 5.36. The van der Waals surface area contributed by atoms with Gasteiger partial charge in [0, 0.05) is 13.7 Å². The minimum atomic E-state index is 0.516. The summed E-state index contributed by atoms with van der Waals surface area (Å²) in [6, 6.07) is 0. The molecule has 0 fully saturated rings. The molecular weight excluding hydrogens is 156 g/mol. The number of nitrogens with two attached hydrogens (primary N) is 1. The molecule has 5 nitrogen and oxygen atoms in total. The van der Waals surface area contributed by atoms with Gasteiger partial charge < -0.3 is 10.5 Å². The van der Waals surface area contributed by atoms with Gasteiger partial charge in [-0.05, 0) is 13.0 Å². The van der Waals surface area contributed by atoms with Gasteiger partial charge in [-0.1, -0.05) is 5.21 Å². The maximum Gasteiger partial charge on any atom is 0.108 e. The van der Waals surface area contributed by atoms with Crippen LogP contribution in [0.2, 0.25) is 0 Å². The van der Waals surface area contributed by atoms with Crippen LogP contribution in [0.1, 0.15) is 12.1 Å². The van der Waals surface area contributed by atoms with Gasteiger partial charge in [-0.15, -0.1) is 5.10 Å². The van der Waals surface area contributed by atoms with E-state index in [1.165, 1.54) is 0 Å². The average Bonchev–Trinajstić information content (AvgIpc) is 2.50. The molecule has 0 unspecified atom stereocenters. The molecule has 0 aliphatic rings. The summed E-state index contributed by atoms with van der Waals surface area (Å²) >= 11 is 0. The van der Waals surface area contributed by atoms with Crippen LogP contribution in [0.25, 0.3) is 0 Å². The van der Waals surface area contributed by atoms with Gasteiger partial charge in [0.2, 0.25) is 0 Å². The third-order valence-electron chi connectivity index (χ3n) is 1.47. The highest BCUT2D eigenvalue weighted by Gasteiger charge is 1.98. The minimum Gasteiger partial charge on any atom is -0.378 e. The molecule has 0 aliphatic heterocycles. The number of methoxy groups -OCH3 is 1. The Kier molecular flexibility index (Phi) is 3.69. The van der Waals surface area contributed by atoms with E-state index in [1.807, 2.05) is 6.20 Å². The van der Waals surface area contributed by atoms with Crippen LogP contribution in [0, 0.1) is 0 Å². The smallest absolute Gasteiger partial charge is 0.108 e. The van der Waals surface area contributed by atoms with E-state index in [2.05, 4.69) is 10.3 Å². The summed E-state index contributed by atoms with van der Waals surface area (Å²) in [4.78, 5) is 0. The van der Waals surface area contributed by atoms with E-state index in [-0.39, 0.29) is 0 Å². The predicted molar refractivity (Wildman–Crippen MR) is 44.4 cm³/mol. The van der Waals surface area contributed by atoms with Crippen molar-refractivity contribution in [3.8, 4) is 0 Å². The number of aromatic nitrogens is 3. The summed E-state index contributed by atoms with van der Waals surface area (Å²) in [5.74, 6) is 0. The van der Waals surface area contributed by atoms with Crippen molar-refractivity contribution >= 4 is 0 Å². The molecule has 0 saturated carbocycles. The first-order chi connectivity index (χ1) is 5.86. The Morgan fingerprint density at radius 2 is 2.50 bits per heavy atom. The van der Waals surface area contributed by atoms with E-state index in [0.29, 0.717) is 13.2 Å². The van der Waals surface area contributed by atoms with Crippen LogP contribution in [0.5, 0.6) is 0 Å². The van der Waals surface area contributed by atoms with Crippen molar-refractivity contribution in [2.75, 3.05) is 13.7 Å². The Bertz CT molecular complexity index is 223. The first kappa shape index (κ1) is 9.15. The van der Waals surface area contributed by atoms with Crippen molar-refractivity contribution < 1.29 is 4.74 Å². The van der Waals surface area contributed by atoms with Gasteiger partial charge in [0.15, 0.2) is 0 Å². The van der Waals surface area contributed by atoms with Crippen LogP contribution < -0.4 is 5.73 Å². The highest BCUT2D eigenvalue weighted by molar-refractivity contribution is 4.89. The van der Waals surface area contributed by atoms with E-state index >= 15 is 0 Å². The lowest BCUT2D eigenvalue weighted by Gasteiger charge is -1.95. The van der Waals surface area contributed by atoms with E-state index in [0.717, 1.165) is 18.7 Å². The Morgan fingerprint density at radius 1 is 1.67 bits per heavy atom. The second-order valence-electron chi connectivity index (χ2n) is 2.55. The summed E-state index contributed by atoms with van der Waals surface area (Å²) < 4.78 is 6.68. The fourth-order valence-electron chi connectivity index (χ4n) is 0.915. The SMILES string of the molecule is COCc1cn(CCCN)nn1. The number of nitrogens with zero attached hydrogens (tertiary/aromatic N) is 3. The first-order valence-electron chi connectivity index (χ1n) is 3.95. The zero-order valence-corrected chi connectivity index (χ0v) is 7.23. The molecule has 0 spiro atoms. The van der Waals surface area contributed by atoms with Crippen molar-refractivity contribution in [3.05, 3.63) is 11.9 Å². The van der Waals surface area contributed by atoms with Gasteiger partial charge in [0.05, 0.1) is 12.8 Å². The topological polar surface area (TPSA) is 66.0 Å². The molecule has 0 radical (unpaired) electrons. The normalized spacial score (nSPS) is 10.5. The number of rotatable bonds is 5. The first-order valence-corrected chi connectivity index (χ1v) is 3.95. The number of ether oxygens (including phenoxy) is 1. The molecule has 1 rings (SSSR count). The molecule has 0 aliphatic carbocycles. The van der Waals surface area contributed by atoms with Gasteiger partial charge in [0.1, 0.15) is 5.69 Å². The molecule has 0 amide bonds. The zero-order chi connectivity index (χ0) is 8.81. The highest BCUT2D eigenvalue weighted by atomic mass is 16.5. The second kappa shape index (κ2) is 4.84. The van der Waals surface area contributed by atoms with Crippen molar-refractivity contribution in [1.82, 2.24) is 15.0 Å². The van der Waals surface area contributed by atoms with Crippen LogP contribution in [-0.2, 0) is 17.9 Å². The van der Waals surface area contributed by atoms with Crippen molar-refractivity contribution in [3.63, 3.8) is 0 Å². The van der Waals surface area contributed by atoms with Gasteiger partial charge >= 0.3 is 0 Å². The van der Waals surface area contributed by atoms with Crippen molar-refractivity contribution in [2.45, 2.75) is 19.6 Å². The molecule has 5 heteroatoms. The Labute approximate surface area is 71.5 Å². The largest absolute Gasteiger partial charge is 0.378 e. The lowest BCUT2D eigenvalue weighted by Crippen LogP contribution is -2.06. The molecule has 0 saturated heterocycles. The Hall–Kier alpha value is -0.940. The van der Waals surface area contributed by atoms with E-state index < -0.39 is 0 Å². The Morgan fingerprint density at radius 3 is 3.17 bits per heavy atom. The summed E-state index contributed by atoms with van der Waals surface area (Å²) in [6.07, 6.45) is 2.80. The Balaban J connectivity index is 2.41. The summed E-state index contributed by atoms with van der Waals surface area (Å²) in [6.45, 7) is 2.02. The number of hydrogen-bond donors (Lipinski definition) is 1. The zero-order valence-electron chi connectivity index (χ0n) is 7.23. The molecule has 0 bridgehead atoms. The van der Waals surface area contributed by atoms with Crippen molar-refractivity contribution in [2.24, 2.45) is 5.73 Å². The van der Waals surface area contributed by atoms with Crippen molar-refractivity contribution in [1.29, 1.82) is 0 Å². The third-order valence-corrected chi connectivity index (χ3v) is 1.47. The van der Waals surface area contributed by atoms with Crippen LogP contribution in [0.15, 0.2) is 6.20 Å². The van der Waals surface area contributed by atoms with Gasteiger partial charge in [-0.3, -0.25) is 4.68 Å². The average molecular weight is 170 g/mol. The van der Waals surface area contributed by atoms with E-state index in [1.54, 1.807) is 11.8 Å². The highest BCUT2D eigenvalue weighted by Crippen LogP contribution is 1.95. The summed E-state index contributed by atoms with van der Waals surface area (Å²) in [5, 5.41) is 7.81.